The Kier molecular flexibility index (Phi) is 5.06. The number of rotatable bonds is 2. The average Bonchev–Trinajstić information content (AvgIpc) is 3.11. The van der Waals surface area contributed by atoms with Crippen molar-refractivity contribution in [3.63, 3.8) is 0 Å². The van der Waals surface area contributed by atoms with Crippen molar-refractivity contribution in [1.29, 1.82) is 0 Å². The van der Waals surface area contributed by atoms with E-state index in [0.29, 0.717) is 0 Å². The Morgan fingerprint density at radius 1 is 0.289 bits per heavy atom. The highest BCUT2D eigenvalue weighted by molar-refractivity contribution is 6.24. The molecule has 208 valence electrons. The van der Waals surface area contributed by atoms with Crippen LogP contribution in [0.2, 0.25) is 0 Å². The molecule has 0 saturated heterocycles. The van der Waals surface area contributed by atoms with E-state index < -0.39 is 0 Å². The Balaban J connectivity index is 1.23. The van der Waals surface area contributed by atoms with Crippen molar-refractivity contribution in [2.45, 2.75) is 0 Å². The molecule has 0 aromatic heterocycles. The first-order valence-electron chi connectivity index (χ1n) is 15.5. The van der Waals surface area contributed by atoms with Crippen LogP contribution in [0.4, 0.5) is 0 Å². The van der Waals surface area contributed by atoms with Gasteiger partial charge in [-0.3, -0.25) is 0 Å². The molecule has 1 aliphatic heterocycles. The van der Waals surface area contributed by atoms with Gasteiger partial charge in [0.1, 0.15) is 11.5 Å². The Labute approximate surface area is 260 Å². The van der Waals surface area contributed by atoms with Crippen molar-refractivity contribution in [1.82, 2.24) is 0 Å². The van der Waals surface area contributed by atoms with E-state index in [1.807, 2.05) is 0 Å². The summed E-state index contributed by atoms with van der Waals surface area (Å²) in [5.41, 5.74) is 7.22. The standard InChI is InChI=1S/C44H26O/c1-2-11-27(12-3-1)38-25-40-34-18-9-7-16-32(34)39(26-41(40)33-17-8-6-15-31(33)38)29-21-22-35-37-20-10-19-36-30-14-5-4-13-28(30)24-43(44(36)37)45-42(35)23-29/h1-26H. The van der Waals surface area contributed by atoms with Crippen LogP contribution < -0.4 is 4.74 Å². The molecule has 1 aliphatic rings. The van der Waals surface area contributed by atoms with Gasteiger partial charge in [0.15, 0.2) is 0 Å². The summed E-state index contributed by atoms with van der Waals surface area (Å²) in [5.74, 6) is 1.82. The van der Waals surface area contributed by atoms with Gasteiger partial charge in [0.05, 0.1) is 0 Å². The maximum Gasteiger partial charge on any atom is 0.136 e. The minimum Gasteiger partial charge on any atom is -0.456 e. The van der Waals surface area contributed by atoms with Gasteiger partial charge in [0.25, 0.3) is 0 Å². The molecule has 0 atom stereocenters. The molecule has 0 amide bonds. The molecule has 0 unspecified atom stereocenters. The van der Waals surface area contributed by atoms with Gasteiger partial charge in [-0.05, 0) is 107 Å². The topological polar surface area (TPSA) is 9.23 Å². The molecule has 1 nitrogen and oxygen atoms in total. The maximum atomic E-state index is 6.75. The Hall–Kier alpha value is -5.92. The van der Waals surface area contributed by atoms with Crippen LogP contribution >= 0.6 is 0 Å². The molecule has 1 heterocycles. The van der Waals surface area contributed by atoms with E-state index in [0.717, 1.165) is 22.6 Å². The third kappa shape index (κ3) is 3.56. The van der Waals surface area contributed by atoms with Crippen molar-refractivity contribution in [2.24, 2.45) is 0 Å². The second-order valence-corrected chi connectivity index (χ2v) is 12.0. The number of hydrogen-bond acceptors (Lipinski definition) is 1. The number of hydrogen-bond donors (Lipinski definition) is 0. The number of ether oxygens (including phenoxy) is 1. The van der Waals surface area contributed by atoms with Crippen molar-refractivity contribution in [2.75, 3.05) is 0 Å². The first kappa shape index (κ1) is 24.5. The highest BCUT2D eigenvalue weighted by Gasteiger charge is 2.23. The second-order valence-electron chi connectivity index (χ2n) is 12.0. The van der Waals surface area contributed by atoms with E-state index in [1.165, 1.54) is 76.1 Å². The van der Waals surface area contributed by atoms with Gasteiger partial charge in [-0.25, -0.2) is 0 Å². The van der Waals surface area contributed by atoms with Crippen LogP contribution in [0.15, 0.2) is 158 Å². The van der Waals surface area contributed by atoms with Crippen molar-refractivity contribution in [3.05, 3.63) is 158 Å². The van der Waals surface area contributed by atoms with Crippen LogP contribution in [0.25, 0.3) is 87.2 Å². The lowest BCUT2D eigenvalue weighted by molar-refractivity contribution is 0.488. The first-order valence-corrected chi connectivity index (χ1v) is 15.5. The predicted molar refractivity (Wildman–Crippen MR) is 190 cm³/mol. The molecule has 0 fully saturated rings. The van der Waals surface area contributed by atoms with Crippen LogP contribution in [-0.2, 0) is 0 Å². The van der Waals surface area contributed by atoms with Gasteiger partial charge >= 0.3 is 0 Å². The minimum atomic E-state index is 0.899. The monoisotopic (exact) mass is 570 g/mol. The zero-order valence-corrected chi connectivity index (χ0v) is 24.4. The molecular weight excluding hydrogens is 544 g/mol. The lowest BCUT2D eigenvalue weighted by Gasteiger charge is -2.23. The van der Waals surface area contributed by atoms with Crippen LogP contribution in [0.1, 0.15) is 0 Å². The van der Waals surface area contributed by atoms with E-state index in [9.17, 15) is 0 Å². The van der Waals surface area contributed by atoms with E-state index in [4.69, 9.17) is 4.74 Å². The average molecular weight is 571 g/mol. The summed E-state index contributed by atoms with van der Waals surface area (Å²) in [6.07, 6.45) is 0. The molecular formula is C44H26O. The summed E-state index contributed by atoms with van der Waals surface area (Å²) in [6, 6.07) is 57.3. The molecule has 45 heavy (non-hydrogen) atoms. The Morgan fingerprint density at radius 2 is 0.889 bits per heavy atom. The van der Waals surface area contributed by atoms with E-state index in [2.05, 4.69) is 158 Å². The second kappa shape index (κ2) is 9.29. The molecule has 0 spiro atoms. The van der Waals surface area contributed by atoms with Crippen LogP contribution in [-0.4, -0.2) is 0 Å². The summed E-state index contributed by atoms with van der Waals surface area (Å²) in [4.78, 5) is 0. The summed E-state index contributed by atoms with van der Waals surface area (Å²) in [6.45, 7) is 0. The fourth-order valence-corrected chi connectivity index (χ4v) is 7.59. The van der Waals surface area contributed by atoms with Crippen molar-refractivity contribution in [3.8, 4) is 44.9 Å². The lowest BCUT2D eigenvalue weighted by Crippen LogP contribution is -1.98. The zero-order valence-electron chi connectivity index (χ0n) is 24.4. The molecule has 9 aromatic carbocycles. The van der Waals surface area contributed by atoms with E-state index >= 15 is 0 Å². The van der Waals surface area contributed by atoms with Crippen molar-refractivity contribution >= 4 is 53.9 Å². The maximum absolute atomic E-state index is 6.75. The SMILES string of the molecule is c1ccc(-c2cc3c4ccccc4c(-c4ccc5c(c4)Oc4cc6ccccc6c6cccc-5c46)cc3c3ccccc23)cc1. The van der Waals surface area contributed by atoms with Crippen LogP contribution in [0.5, 0.6) is 11.5 Å². The van der Waals surface area contributed by atoms with Crippen LogP contribution in [0, 0.1) is 0 Å². The van der Waals surface area contributed by atoms with Crippen LogP contribution in [0.3, 0.4) is 0 Å². The lowest BCUT2D eigenvalue weighted by atomic mass is 9.87. The third-order valence-corrected chi connectivity index (χ3v) is 9.62. The van der Waals surface area contributed by atoms with Gasteiger partial charge in [-0.2, -0.15) is 0 Å². The molecule has 10 rings (SSSR count). The summed E-state index contributed by atoms with van der Waals surface area (Å²) >= 11 is 0. The molecule has 0 N–H and O–H groups in total. The third-order valence-electron chi connectivity index (χ3n) is 9.62. The van der Waals surface area contributed by atoms with E-state index in [1.54, 1.807) is 0 Å². The number of benzene rings is 9. The molecule has 0 saturated carbocycles. The predicted octanol–water partition coefficient (Wildman–Crippen LogP) is 12.6. The fourth-order valence-electron chi connectivity index (χ4n) is 7.59. The molecule has 1 heteroatoms. The fraction of sp³-hybridized carbons (Fsp3) is 0. The molecule has 0 aliphatic carbocycles. The summed E-state index contributed by atoms with van der Waals surface area (Å²) in [7, 11) is 0. The molecule has 0 radical (unpaired) electrons. The van der Waals surface area contributed by atoms with Crippen molar-refractivity contribution < 1.29 is 4.74 Å². The van der Waals surface area contributed by atoms with Gasteiger partial charge in [0.2, 0.25) is 0 Å². The normalized spacial score (nSPS) is 12.2. The Morgan fingerprint density at radius 3 is 1.62 bits per heavy atom. The van der Waals surface area contributed by atoms with Gasteiger partial charge in [-0.1, -0.05) is 127 Å². The zero-order chi connectivity index (χ0) is 29.5. The number of fused-ring (bicyclic) bond motifs is 9. The minimum absolute atomic E-state index is 0.899. The van der Waals surface area contributed by atoms with Gasteiger partial charge in [-0.15, -0.1) is 0 Å². The quantitative estimate of drug-likeness (QED) is 0.188. The smallest absolute Gasteiger partial charge is 0.136 e. The molecule has 9 aromatic rings. The summed E-state index contributed by atoms with van der Waals surface area (Å²) in [5, 5.41) is 12.4. The molecule has 0 bridgehead atoms. The summed E-state index contributed by atoms with van der Waals surface area (Å²) < 4.78 is 6.75. The Bertz CT molecular complexity index is 2670. The highest BCUT2D eigenvalue weighted by Crippen LogP contribution is 2.50. The highest BCUT2D eigenvalue weighted by atomic mass is 16.5. The van der Waals surface area contributed by atoms with E-state index in [-0.39, 0.29) is 0 Å². The van der Waals surface area contributed by atoms with Gasteiger partial charge in [0, 0.05) is 10.9 Å². The largest absolute Gasteiger partial charge is 0.456 e. The first-order chi connectivity index (χ1) is 22.3. The van der Waals surface area contributed by atoms with Gasteiger partial charge < -0.3 is 4.74 Å².